The summed E-state index contributed by atoms with van der Waals surface area (Å²) in [5, 5.41) is 21.8. The fourth-order valence-electron chi connectivity index (χ4n) is 2.44. The normalized spacial score (nSPS) is 23.4. The molecule has 2 atom stereocenters. The number of aliphatic hydroxyl groups is 1. The number of nitrogens with zero attached hydrogens (tertiary/aromatic N) is 2. The van der Waals surface area contributed by atoms with Gasteiger partial charge in [0.05, 0.1) is 11.6 Å². The van der Waals surface area contributed by atoms with E-state index in [4.69, 9.17) is 16.9 Å². The van der Waals surface area contributed by atoms with Crippen molar-refractivity contribution in [3.8, 4) is 6.07 Å². The van der Waals surface area contributed by atoms with Crippen LogP contribution >= 0.6 is 11.6 Å². The Morgan fingerprint density at radius 1 is 1.44 bits per heavy atom. The highest BCUT2D eigenvalue weighted by atomic mass is 35.5. The van der Waals surface area contributed by atoms with Crippen LogP contribution < -0.4 is 5.32 Å². The van der Waals surface area contributed by atoms with Crippen LogP contribution in [0.3, 0.4) is 0 Å². The summed E-state index contributed by atoms with van der Waals surface area (Å²) in [5.41, 5.74) is 0.494. The lowest BCUT2D eigenvalue weighted by atomic mass is 9.85. The fourth-order valence-corrected chi connectivity index (χ4v) is 2.65. The van der Waals surface area contributed by atoms with Crippen LogP contribution in [0.15, 0.2) is 12.1 Å². The van der Waals surface area contributed by atoms with Gasteiger partial charge in [0, 0.05) is 18.6 Å². The van der Waals surface area contributed by atoms with Gasteiger partial charge in [-0.3, -0.25) is 0 Å². The highest BCUT2D eigenvalue weighted by molar-refractivity contribution is 6.29. The van der Waals surface area contributed by atoms with Crippen molar-refractivity contribution in [2.24, 2.45) is 5.92 Å². The molecule has 0 saturated heterocycles. The number of hydrogen-bond acceptors (Lipinski definition) is 4. The zero-order valence-electron chi connectivity index (χ0n) is 10.1. The zero-order chi connectivity index (χ0) is 13.0. The molecule has 0 bridgehead atoms. The van der Waals surface area contributed by atoms with Crippen LogP contribution in [0.5, 0.6) is 0 Å². The topological polar surface area (TPSA) is 68.9 Å². The molecule has 4 nitrogen and oxygen atoms in total. The number of pyridine rings is 1. The average Bonchev–Trinajstić information content (AvgIpc) is 2.38. The molecule has 1 aliphatic rings. The van der Waals surface area contributed by atoms with Gasteiger partial charge in [0.25, 0.3) is 0 Å². The van der Waals surface area contributed by atoms with Gasteiger partial charge in [0.1, 0.15) is 11.0 Å². The molecular weight excluding hydrogens is 250 g/mol. The quantitative estimate of drug-likeness (QED) is 0.824. The summed E-state index contributed by atoms with van der Waals surface area (Å²) in [5.74, 6) is 0.870. The van der Waals surface area contributed by atoms with Crippen molar-refractivity contribution >= 4 is 17.4 Å². The average molecular weight is 266 g/mol. The largest absolute Gasteiger partial charge is 0.396 e. The van der Waals surface area contributed by atoms with E-state index in [1.807, 2.05) is 0 Å². The Kier molecular flexibility index (Phi) is 4.40. The Balaban J connectivity index is 2.12. The number of rotatable bonds is 3. The molecule has 18 heavy (non-hydrogen) atoms. The van der Waals surface area contributed by atoms with E-state index in [2.05, 4.69) is 16.4 Å². The molecule has 96 valence electrons. The van der Waals surface area contributed by atoms with Crippen molar-refractivity contribution in [1.82, 2.24) is 4.98 Å². The van der Waals surface area contributed by atoms with Crippen LogP contribution in [-0.4, -0.2) is 22.7 Å². The Bertz CT molecular complexity index is 458. The van der Waals surface area contributed by atoms with Gasteiger partial charge in [0.2, 0.25) is 0 Å². The second-order valence-corrected chi connectivity index (χ2v) is 5.04. The van der Waals surface area contributed by atoms with Gasteiger partial charge in [-0.1, -0.05) is 24.4 Å². The SMILES string of the molecule is N#Cc1cc(Cl)nc(NC2CCCCC2CO)c1. The molecule has 1 aromatic rings. The summed E-state index contributed by atoms with van der Waals surface area (Å²) in [4.78, 5) is 4.17. The smallest absolute Gasteiger partial charge is 0.132 e. The van der Waals surface area contributed by atoms with Crippen molar-refractivity contribution in [2.75, 3.05) is 11.9 Å². The molecule has 0 aliphatic heterocycles. The van der Waals surface area contributed by atoms with Gasteiger partial charge in [-0.05, 0) is 25.0 Å². The van der Waals surface area contributed by atoms with E-state index in [9.17, 15) is 5.11 Å². The lowest BCUT2D eigenvalue weighted by Gasteiger charge is -2.31. The maximum Gasteiger partial charge on any atom is 0.132 e. The molecule has 5 heteroatoms. The highest BCUT2D eigenvalue weighted by Crippen LogP contribution is 2.27. The summed E-state index contributed by atoms with van der Waals surface area (Å²) in [6.07, 6.45) is 4.36. The number of halogens is 1. The third-order valence-electron chi connectivity index (χ3n) is 3.40. The lowest BCUT2D eigenvalue weighted by Crippen LogP contribution is -2.34. The van der Waals surface area contributed by atoms with E-state index >= 15 is 0 Å². The first-order chi connectivity index (χ1) is 8.72. The van der Waals surface area contributed by atoms with E-state index in [0.29, 0.717) is 16.5 Å². The van der Waals surface area contributed by atoms with Crippen LogP contribution in [0.1, 0.15) is 31.2 Å². The first-order valence-corrected chi connectivity index (χ1v) is 6.56. The molecule has 0 amide bonds. The van der Waals surface area contributed by atoms with Crippen molar-refractivity contribution in [3.63, 3.8) is 0 Å². The molecule has 0 aromatic carbocycles. The third kappa shape index (κ3) is 3.12. The summed E-state index contributed by atoms with van der Waals surface area (Å²) in [6.45, 7) is 0.184. The minimum atomic E-state index is 0.184. The summed E-state index contributed by atoms with van der Waals surface area (Å²) in [7, 11) is 0. The highest BCUT2D eigenvalue weighted by Gasteiger charge is 2.24. The molecule has 1 fully saturated rings. The zero-order valence-corrected chi connectivity index (χ0v) is 10.8. The van der Waals surface area contributed by atoms with Crippen LogP contribution in [0.2, 0.25) is 5.15 Å². The first kappa shape index (κ1) is 13.1. The predicted octanol–water partition coefficient (Wildman–Crippen LogP) is 2.57. The van der Waals surface area contributed by atoms with Gasteiger partial charge < -0.3 is 10.4 Å². The number of aromatic nitrogens is 1. The maximum absolute atomic E-state index is 9.36. The lowest BCUT2D eigenvalue weighted by molar-refractivity contribution is 0.178. The second-order valence-electron chi connectivity index (χ2n) is 4.65. The Morgan fingerprint density at radius 2 is 2.22 bits per heavy atom. The van der Waals surface area contributed by atoms with E-state index in [-0.39, 0.29) is 18.6 Å². The van der Waals surface area contributed by atoms with Crippen LogP contribution in [0.25, 0.3) is 0 Å². The molecule has 1 saturated carbocycles. The van der Waals surface area contributed by atoms with Gasteiger partial charge in [-0.2, -0.15) is 5.26 Å². The molecule has 2 N–H and O–H groups in total. The van der Waals surface area contributed by atoms with Gasteiger partial charge >= 0.3 is 0 Å². The van der Waals surface area contributed by atoms with E-state index in [0.717, 1.165) is 25.7 Å². The Labute approximate surface area is 112 Å². The summed E-state index contributed by atoms with van der Waals surface area (Å²) in [6, 6.07) is 5.49. The first-order valence-electron chi connectivity index (χ1n) is 6.18. The van der Waals surface area contributed by atoms with Crippen LogP contribution in [-0.2, 0) is 0 Å². The number of anilines is 1. The Hall–Kier alpha value is -1.31. The minimum absolute atomic E-state index is 0.184. The summed E-state index contributed by atoms with van der Waals surface area (Å²) < 4.78 is 0. The van der Waals surface area contributed by atoms with Gasteiger partial charge in [0.15, 0.2) is 0 Å². The number of nitrogens with one attached hydrogen (secondary N) is 1. The molecule has 1 aliphatic carbocycles. The summed E-state index contributed by atoms with van der Waals surface area (Å²) >= 11 is 5.87. The van der Waals surface area contributed by atoms with Crippen LogP contribution in [0, 0.1) is 17.2 Å². The second kappa shape index (κ2) is 6.03. The molecular formula is C13H16ClN3O. The number of hydrogen-bond donors (Lipinski definition) is 2. The van der Waals surface area contributed by atoms with Crippen molar-refractivity contribution in [2.45, 2.75) is 31.7 Å². The monoisotopic (exact) mass is 265 g/mol. The number of aliphatic hydroxyl groups excluding tert-OH is 1. The standard InChI is InChI=1S/C13H16ClN3O/c14-12-5-9(7-15)6-13(17-12)16-11-4-2-1-3-10(11)8-18/h5-6,10-11,18H,1-4,8H2,(H,16,17). The molecule has 1 heterocycles. The van der Waals surface area contributed by atoms with Crippen molar-refractivity contribution in [1.29, 1.82) is 5.26 Å². The van der Waals surface area contributed by atoms with Crippen molar-refractivity contribution < 1.29 is 5.11 Å². The van der Waals surface area contributed by atoms with Crippen molar-refractivity contribution in [3.05, 3.63) is 22.8 Å². The van der Waals surface area contributed by atoms with Crippen LogP contribution in [0.4, 0.5) is 5.82 Å². The van der Waals surface area contributed by atoms with E-state index in [1.165, 1.54) is 6.07 Å². The molecule has 1 aromatic heterocycles. The molecule has 0 radical (unpaired) electrons. The number of nitriles is 1. The Morgan fingerprint density at radius 3 is 2.94 bits per heavy atom. The van der Waals surface area contributed by atoms with E-state index in [1.54, 1.807) is 6.07 Å². The fraction of sp³-hybridized carbons (Fsp3) is 0.538. The maximum atomic E-state index is 9.36. The van der Waals surface area contributed by atoms with Gasteiger partial charge in [-0.15, -0.1) is 0 Å². The minimum Gasteiger partial charge on any atom is -0.396 e. The van der Waals surface area contributed by atoms with Gasteiger partial charge in [-0.25, -0.2) is 4.98 Å². The van der Waals surface area contributed by atoms with E-state index < -0.39 is 0 Å². The molecule has 2 unspecified atom stereocenters. The molecule has 2 rings (SSSR count). The third-order valence-corrected chi connectivity index (χ3v) is 3.59. The predicted molar refractivity (Wildman–Crippen MR) is 70.4 cm³/mol. The molecule has 0 spiro atoms.